The van der Waals surface area contributed by atoms with Gasteiger partial charge in [-0.25, -0.2) is 0 Å². The summed E-state index contributed by atoms with van der Waals surface area (Å²) in [6.07, 6.45) is 3.50. The maximum Gasteiger partial charge on any atom is 0.234 e. The lowest BCUT2D eigenvalue weighted by molar-refractivity contribution is 0.175. The van der Waals surface area contributed by atoms with Crippen molar-refractivity contribution in [1.29, 1.82) is 0 Å². The highest BCUT2D eigenvalue weighted by molar-refractivity contribution is 7.16. The summed E-state index contributed by atoms with van der Waals surface area (Å²) < 4.78 is 6.85. The van der Waals surface area contributed by atoms with Gasteiger partial charge in [0.25, 0.3) is 0 Å². The van der Waals surface area contributed by atoms with Crippen LogP contribution in [0.5, 0.6) is 0 Å². The minimum atomic E-state index is 0.0930. The van der Waals surface area contributed by atoms with Gasteiger partial charge in [0.15, 0.2) is 5.82 Å². The van der Waals surface area contributed by atoms with Gasteiger partial charge in [-0.1, -0.05) is 17.8 Å². The molecule has 0 unspecified atom stereocenters. The summed E-state index contributed by atoms with van der Waals surface area (Å²) in [5.41, 5.74) is 5.98. The molecule has 0 atom stereocenters. The van der Waals surface area contributed by atoms with E-state index in [4.69, 9.17) is 10.5 Å². The van der Waals surface area contributed by atoms with Crippen LogP contribution in [0.25, 0.3) is 4.96 Å². The number of rotatable bonds is 4. The summed E-state index contributed by atoms with van der Waals surface area (Å²) in [6, 6.07) is 0. The standard InChI is InChI=1S/C10H15N5OS/c1-16-5-7-12-13-9-15(7)14-8(17-9)10(6-11)3-2-4-10/h2-6,11H2,1H3. The van der Waals surface area contributed by atoms with Crippen LogP contribution in [0.1, 0.15) is 30.1 Å². The summed E-state index contributed by atoms with van der Waals surface area (Å²) in [4.78, 5) is 0.826. The van der Waals surface area contributed by atoms with Gasteiger partial charge < -0.3 is 10.5 Å². The molecule has 17 heavy (non-hydrogen) atoms. The van der Waals surface area contributed by atoms with Gasteiger partial charge in [-0.05, 0) is 12.8 Å². The molecule has 2 aromatic rings. The number of ether oxygens (including phenoxy) is 1. The summed E-state index contributed by atoms with van der Waals surface area (Å²) in [6.45, 7) is 1.09. The first kappa shape index (κ1) is 11.1. The average molecular weight is 253 g/mol. The van der Waals surface area contributed by atoms with Crippen LogP contribution in [0.3, 0.4) is 0 Å². The second-order valence-corrected chi connectivity index (χ2v) is 5.44. The molecule has 7 heteroatoms. The van der Waals surface area contributed by atoms with E-state index < -0.39 is 0 Å². The Bertz CT molecular complexity index is 524. The number of methoxy groups -OCH3 is 1. The second kappa shape index (κ2) is 4.01. The maximum atomic E-state index is 5.88. The van der Waals surface area contributed by atoms with Crippen molar-refractivity contribution in [2.75, 3.05) is 13.7 Å². The predicted octanol–water partition coefficient (Wildman–Crippen LogP) is 0.713. The molecular formula is C10H15N5OS. The molecule has 0 aromatic carbocycles. The van der Waals surface area contributed by atoms with E-state index in [0.29, 0.717) is 13.2 Å². The largest absolute Gasteiger partial charge is 0.377 e. The van der Waals surface area contributed by atoms with Gasteiger partial charge in [0.1, 0.15) is 11.6 Å². The molecule has 92 valence electrons. The van der Waals surface area contributed by atoms with Gasteiger partial charge in [-0.15, -0.1) is 10.2 Å². The van der Waals surface area contributed by atoms with Crippen LogP contribution >= 0.6 is 11.3 Å². The van der Waals surface area contributed by atoms with Gasteiger partial charge in [0.2, 0.25) is 4.96 Å². The summed E-state index contributed by atoms with van der Waals surface area (Å²) in [5.74, 6) is 0.747. The number of aromatic nitrogens is 4. The minimum absolute atomic E-state index is 0.0930. The van der Waals surface area contributed by atoms with Crippen LogP contribution in [-0.4, -0.2) is 33.5 Å². The van der Waals surface area contributed by atoms with E-state index in [0.717, 1.165) is 28.6 Å². The van der Waals surface area contributed by atoms with Crippen molar-refractivity contribution in [3.63, 3.8) is 0 Å². The van der Waals surface area contributed by atoms with Crippen molar-refractivity contribution in [3.8, 4) is 0 Å². The molecule has 1 aliphatic carbocycles. The lowest BCUT2D eigenvalue weighted by atomic mass is 9.69. The van der Waals surface area contributed by atoms with Crippen molar-refractivity contribution in [2.24, 2.45) is 5.73 Å². The van der Waals surface area contributed by atoms with Crippen LogP contribution in [0.2, 0.25) is 0 Å². The van der Waals surface area contributed by atoms with Crippen molar-refractivity contribution in [1.82, 2.24) is 19.8 Å². The third kappa shape index (κ3) is 1.57. The van der Waals surface area contributed by atoms with E-state index in [1.807, 2.05) is 0 Å². The normalized spacial score (nSPS) is 18.5. The molecule has 3 rings (SSSR count). The van der Waals surface area contributed by atoms with Crippen molar-refractivity contribution in [3.05, 3.63) is 10.8 Å². The molecule has 1 saturated carbocycles. The van der Waals surface area contributed by atoms with E-state index in [1.54, 1.807) is 23.0 Å². The average Bonchev–Trinajstić information content (AvgIpc) is 2.81. The second-order valence-electron chi connectivity index (χ2n) is 4.49. The molecule has 2 N–H and O–H groups in total. The molecule has 0 spiro atoms. The fraction of sp³-hybridized carbons (Fsp3) is 0.700. The molecule has 1 fully saturated rings. The van der Waals surface area contributed by atoms with Crippen LogP contribution in [-0.2, 0) is 16.8 Å². The SMILES string of the molecule is COCc1nnc2sc(C3(CN)CCC3)nn12. The fourth-order valence-corrected chi connectivity index (χ4v) is 3.31. The van der Waals surface area contributed by atoms with Gasteiger partial charge in [0, 0.05) is 19.1 Å². The first-order valence-electron chi connectivity index (χ1n) is 5.70. The highest BCUT2D eigenvalue weighted by atomic mass is 32.1. The molecule has 2 heterocycles. The molecule has 2 aromatic heterocycles. The number of hydrogen-bond donors (Lipinski definition) is 1. The van der Waals surface area contributed by atoms with Crippen molar-refractivity contribution >= 4 is 16.3 Å². The summed E-state index contributed by atoms with van der Waals surface area (Å²) >= 11 is 1.59. The topological polar surface area (TPSA) is 78.3 Å². The Labute approximate surface area is 103 Å². The lowest BCUT2D eigenvalue weighted by Crippen LogP contribution is -2.41. The zero-order valence-electron chi connectivity index (χ0n) is 9.72. The Morgan fingerprint density at radius 2 is 2.29 bits per heavy atom. The van der Waals surface area contributed by atoms with E-state index in [-0.39, 0.29) is 5.41 Å². The van der Waals surface area contributed by atoms with E-state index in [2.05, 4.69) is 15.3 Å². The molecule has 0 saturated heterocycles. The molecule has 6 nitrogen and oxygen atoms in total. The first-order valence-corrected chi connectivity index (χ1v) is 6.51. The first-order chi connectivity index (χ1) is 8.29. The number of nitrogens with two attached hydrogens (primary N) is 1. The third-order valence-electron chi connectivity index (χ3n) is 3.48. The highest BCUT2D eigenvalue weighted by Gasteiger charge is 2.40. The fourth-order valence-electron chi connectivity index (χ4n) is 2.20. The Kier molecular flexibility index (Phi) is 2.61. The van der Waals surface area contributed by atoms with E-state index >= 15 is 0 Å². The Balaban J connectivity index is 2.01. The van der Waals surface area contributed by atoms with Crippen LogP contribution in [0, 0.1) is 0 Å². The monoisotopic (exact) mass is 253 g/mol. The third-order valence-corrected chi connectivity index (χ3v) is 4.63. The maximum absolute atomic E-state index is 5.88. The number of nitrogens with zero attached hydrogens (tertiary/aromatic N) is 4. The number of hydrogen-bond acceptors (Lipinski definition) is 6. The zero-order valence-corrected chi connectivity index (χ0v) is 10.5. The Morgan fingerprint density at radius 1 is 1.47 bits per heavy atom. The van der Waals surface area contributed by atoms with E-state index in [9.17, 15) is 0 Å². The molecular weight excluding hydrogens is 238 g/mol. The van der Waals surface area contributed by atoms with E-state index in [1.165, 1.54) is 6.42 Å². The van der Waals surface area contributed by atoms with Crippen molar-refractivity contribution in [2.45, 2.75) is 31.3 Å². The smallest absolute Gasteiger partial charge is 0.234 e. The Morgan fingerprint density at radius 3 is 2.88 bits per heavy atom. The van der Waals surface area contributed by atoms with Crippen molar-refractivity contribution < 1.29 is 4.74 Å². The Hall–Kier alpha value is -1.05. The molecule has 1 aliphatic rings. The van der Waals surface area contributed by atoms with Gasteiger partial charge in [0.05, 0.1) is 0 Å². The van der Waals surface area contributed by atoms with Crippen LogP contribution in [0.4, 0.5) is 0 Å². The highest BCUT2D eigenvalue weighted by Crippen LogP contribution is 2.44. The predicted molar refractivity (Wildman–Crippen MR) is 64.0 cm³/mol. The van der Waals surface area contributed by atoms with Crippen LogP contribution in [0.15, 0.2) is 0 Å². The van der Waals surface area contributed by atoms with Crippen LogP contribution < -0.4 is 5.73 Å². The summed E-state index contributed by atoms with van der Waals surface area (Å²) in [5, 5.41) is 13.9. The quantitative estimate of drug-likeness (QED) is 0.868. The molecule has 0 radical (unpaired) electrons. The number of fused-ring (bicyclic) bond motifs is 1. The summed E-state index contributed by atoms with van der Waals surface area (Å²) in [7, 11) is 1.64. The van der Waals surface area contributed by atoms with Gasteiger partial charge in [-0.3, -0.25) is 0 Å². The van der Waals surface area contributed by atoms with Gasteiger partial charge in [-0.2, -0.15) is 9.61 Å². The zero-order chi connectivity index (χ0) is 11.9. The molecule has 0 amide bonds. The van der Waals surface area contributed by atoms with Gasteiger partial charge >= 0.3 is 0 Å². The lowest BCUT2D eigenvalue weighted by Gasteiger charge is -2.38. The molecule has 0 bridgehead atoms. The molecule has 0 aliphatic heterocycles. The minimum Gasteiger partial charge on any atom is -0.377 e.